The lowest BCUT2D eigenvalue weighted by atomic mass is 10.1. The van der Waals surface area contributed by atoms with Crippen molar-refractivity contribution < 1.29 is 24.1 Å². The molecule has 1 unspecified atom stereocenters. The van der Waals surface area contributed by atoms with Crippen LogP contribution in [0.5, 0.6) is 11.5 Å². The van der Waals surface area contributed by atoms with Gasteiger partial charge in [0, 0.05) is 18.7 Å². The molecular weight excluding hydrogens is 274 g/mol. The van der Waals surface area contributed by atoms with E-state index < -0.39 is 12.1 Å². The summed E-state index contributed by atoms with van der Waals surface area (Å²) < 4.78 is 16.0. The van der Waals surface area contributed by atoms with Crippen LogP contribution < -0.4 is 9.47 Å². The first-order chi connectivity index (χ1) is 10.1. The van der Waals surface area contributed by atoms with E-state index in [9.17, 15) is 9.90 Å². The van der Waals surface area contributed by atoms with Crippen LogP contribution in [0.2, 0.25) is 0 Å². The Bertz CT molecular complexity index is 499. The van der Waals surface area contributed by atoms with E-state index in [1.807, 2.05) is 7.05 Å². The molecule has 0 amide bonds. The molecule has 0 aromatic heterocycles. The van der Waals surface area contributed by atoms with Crippen molar-refractivity contribution in [3.63, 3.8) is 0 Å². The number of likely N-dealkylation sites (tertiary alicyclic amines) is 1. The predicted molar refractivity (Wildman–Crippen MR) is 76.5 cm³/mol. The summed E-state index contributed by atoms with van der Waals surface area (Å²) in [5, 5.41) is 10.2. The zero-order valence-corrected chi connectivity index (χ0v) is 12.5. The van der Waals surface area contributed by atoms with Gasteiger partial charge in [0.1, 0.15) is 6.10 Å². The van der Waals surface area contributed by atoms with Crippen molar-refractivity contribution in [3.05, 3.63) is 23.8 Å². The van der Waals surface area contributed by atoms with Crippen molar-refractivity contribution in [1.82, 2.24) is 4.90 Å². The lowest BCUT2D eigenvalue weighted by Gasteiger charge is -2.36. The van der Waals surface area contributed by atoms with Crippen LogP contribution in [0.3, 0.4) is 0 Å². The van der Waals surface area contributed by atoms with Crippen molar-refractivity contribution >= 4 is 5.97 Å². The monoisotopic (exact) mass is 295 g/mol. The van der Waals surface area contributed by atoms with Crippen molar-refractivity contribution in [2.45, 2.75) is 19.1 Å². The summed E-state index contributed by atoms with van der Waals surface area (Å²) in [5.41, 5.74) is 0.363. The minimum atomic E-state index is -1.38. The first kappa shape index (κ1) is 15.6. The lowest BCUT2D eigenvalue weighted by Crippen LogP contribution is -2.51. The predicted octanol–water partition coefficient (Wildman–Crippen LogP) is 0.985. The summed E-state index contributed by atoms with van der Waals surface area (Å²) in [5.74, 6) is 0.199. The number of esters is 1. The largest absolute Gasteiger partial charge is 0.493 e. The molecule has 1 heterocycles. The van der Waals surface area contributed by atoms with Gasteiger partial charge in [0.15, 0.2) is 17.6 Å². The molecule has 1 aromatic carbocycles. The number of carbonyl (C=O) groups is 1. The van der Waals surface area contributed by atoms with Crippen LogP contribution in [0, 0.1) is 0 Å². The summed E-state index contributed by atoms with van der Waals surface area (Å²) in [7, 11) is 3.52. The van der Waals surface area contributed by atoms with Gasteiger partial charge >= 0.3 is 5.97 Å². The Morgan fingerprint density at radius 1 is 1.48 bits per heavy atom. The van der Waals surface area contributed by atoms with E-state index in [0.717, 1.165) is 13.1 Å². The van der Waals surface area contributed by atoms with Crippen molar-refractivity contribution in [2.24, 2.45) is 0 Å². The molecule has 0 saturated carbocycles. The Morgan fingerprint density at radius 3 is 2.76 bits per heavy atom. The zero-order chi connectivity index (χ0) is 15.4. The molecule has 1 aliphatic heterocycles. The highest BCUT2D eigenvalue weighted by Gasteiger charge is 2.30. The van der Waals surface area contributed by atoms with Gasteiger partial charge in [-0.2, -0.15) is 0 Å². The Labute approximate surface area is 124 Å². The normalized spacial score (nSPS) is 17.0. The fourth-order valence-corrected chi connectivity index (χ4v) is 2.27. The van der Waals surface area contributed by atoms with Crippen LogP contribution in [0.25, 0.3) is 0 Å². The Kier molecular flexibility index (Phi) is 5.03. The standard InChI is InChI=1S/C15H21NO5/c1-4-20-15(18)13(17)11-6-5-7-12(19-3)14(11)21-10-8-16(2)9-10/h5-7,10,13,17H,4,8-9H2,1-3H3. The lowest BCUT2D eigenvalue weighted by molar-refractivity contribution is -0.153. The zero-order valence-electron chi connectivity index (χ0n) is 12.5. The third-order valence-electron chi connectivity index (χ3n) is 3.35. The molecule has 1 aromatic rings. The molecule has 21 heavy (non-hydrogen) atoms. The minimum Gasteiger partial charge on any atom is -0.493 e. The van der Waals surface area contributed by atoms with Crippen molar-refractivity contribution in [1.29, 1.82) is 0 Å². The van der Waals surface area contributed by atoms with Crippen LogP contribution in [-0.2, 0) is 9.53 Å². The van der Waals surface area contributed by atoms with Gasteiger partial charge in [0.25, 0.3) is 0 Å². The molecule has 0 radical (unpaired) electrons. The van der Waals surface area contributed by atoms with E-state index >= 15 is 0 Å². The van der Waals surface area contributed by atoms with Gasteiger partial charge in [-0.25, -0.2) is 4.79 Å². The number of likely N-dealkylation sites (N-methyl/N-ethyl adjacent to an activating group) is 1. The quantitative estimate of drug-likeness (QED) is 0.789. The molecule has 6 nitrogen and oxygen atoms in total. The van der Waals surface area contributed by atoms with Gasteiger partial charge < -0.3 is 19.3 Å². The second kappa shape index (κ2) is 6.78. The van der Waals surface area contributed by atoms with Crippen LogP contribution in [0.1, 0.15) is 18.6 Å². The fraction of sp³-hybridized carbons (Fsp3) is 0.533. The second-order valence-electron chi connectivity index (χ2n) is 4.99. The average Bonchev–Trinajstić information content (AvgIpc) is 2.45. The van der Waals surface area contributed by atoms with Crippen LogP contribution in [0.4, 0.5) is 0 Å². The number of aliphatic hydroxyl groups is 1. The van der Waals surface area contributed by atoms with Gasteiger partial charge in [-0.05, 0) is 20.0 Å². The number of ether oxygens (including phenoxy) is 3. The van der Waals surface area contributed by atoms with Gasteiger partial charge in [0.05, 0.1) is 13.7 Å². The first-order valence-electron chi connectivity index (χ1n) is 6.93. The van der Waals surface area contributed by atoms with E-state index in [2.05, 4.69) is 4.90 Å². The molecule has 1 atom stereocenters. The smallest absolute Gasteiger partial charge is 0.339 e. The second-order valence-corrected chi connectivity index (χ2v) is 4.99. The van der Waals surface area contributed by atoms with E-state index in [1.165, 1.54) is 7.11 Å². The molecule has 1 N–H and O–H groups in total. The number of nitrogens with zero attached hydrogens (tertiary/aromatic N) is 1. The topological polar surface area (TPSA) is 68.2 Å². The number of carbonyl (C=O) groups excluding carboxylic acids is 1. The number of hydrogen-bond donors (Lipinski definition) is 1. The molecule has 0 spiro atoms. The van der Waals surface area contributed by atoms with Crippen LogP contribution >= 0.6 is 0 Å². The maximum Gasteiger partial charge on any atom is 0.339 e. The molecule has 0 bridgehead atoms. The number of hydrogen-bond acceptors (Lipinski definition) is 6. The molecule has 2 rings (SSSR count). The van der Waals surface area contributed by atoms with Gasteiger partial charge in [-0.15, -0.1) is 0 Å². The van der Waals surface area contributed by atoms with Crippen molar-refractivity contribution in [3.8, 4) is 11.5 Å². The maximum absolute atomic E-state index is 11.7. The van der Waals surface area contributed by atoms with E-state index in [0.29, 0.717) is 17.1 Å². The Hall–Kier alpha value is -1.79. The molecule has 6 heteroatoms. The summed E-state index contributed by atoms with van der Waals surface area (Å²) in [6.45, 7) is 3.50. The minimum absolute atomic E-state index is 0.0273. The van der Waals surface area contributed by atoms with E-state index in [-0.39, 0.29) is 12.7 Å². The summed E-state index contributed by atoms with van der Waals surface area (Å²) in [6, 6.07) is 5.08. The highest BCUT2D eigenvalue weighted by molar-refractivity contribution is 5.77. The fourth-order valence-electron chi connectivity index (χ4n) is 2.27. The molecule has 1 saturated heterocycles. The van der Waals surface area contributed by atoms with Gasteiger partial charge in [0.2, 0.25) is 0 Å². The highest BCUT2D eigenvalue weighted by Crippen LogP contribution is 2.36. The number of para-hydroxylation sites is 1. The molecule has 0 aliphatic carbocycles. The highest BCUT2D eigenvalue weighted by atomic mass is 16.5. The molecular formula is C15H21NO5. The Balaban J connectivity index is 2.24. The summed E-state index contributed by atoms with van der Waals surface area (Å²) in [4.78, 5) is 13.9. The number of rotatable bonds is 6. The third kappa shape index (κ3) is 3.46. The summed E-state index contributed by atoms with van der Waals surface area (Å²) >= 11 is 0. The van der Waals surface area contributed by atoms with E-state index in [1.54, 1.807) is 25.1 Å². The summed E-state index contributed by atoms with van der Waals surface area (Å²) in [6.07, 6.45) is -1.35. The third-order valence-corrected chi connectivity index (χ3v) is 3.35. The number of methoxy groups -OCH3 is 1. The SMILES string of the molecule is CCOC(=O)C(O)c1cccc(OC)c1OC1CN(C)C1. The van der Waals surface area contributed by atoms with Gasteiger partial charge in [-0.3, -0.25) is 4.90 Å². The molecule has 116 valence electrons. The number of aliphatic hydroxyl groups excluding tert-OH is 1. The van der Waals surface area contributed by atoms with Crippen LogP contribution in [-0.4, -0.2) is 55.9 Å². The van der Waals surface area contributed by atoms with E-state index in [4.69, 9.17) is 14.2 Å². The van der Waals surface area contributed by atoms with Crippen LogP contribution in [0.15, 0.2) is 18.2 Å². The molecule has 1 aliphatic rings. The maximum atomic E-state index is 11.7. The van der Waals surface area contributed by atoms with Gasteiger partial charge in [-0.1, -0.05) is 12.1 Å². The molecule has 1 fully saturated rings. The van der Waals surface area contributed by atoms with Crippen molar-refractivity contribution in [2.75, 3.05) is 33.9 Å². The average molecular weight is 295 g/mol. The first-order valence-corrected chi connectivity index (χ1v) is 6.93. The Morgan fingerprint density at radius 2 is 2.19 bits per heavy atom. The number of benzene rings is 1.